The summed E-state index contributed by atoms with van der Waals surface area (Å²) in [4.78, 5) is 25.2. The van der Waals surface area contributed by atoms with E-state index in [4.69, 9.17) is 4.74 Å². The largest absolute Gasteiger partial charge is 0.491 e. The fourth-order valence-electron chi connectivity index (χ4n) is 1.78. The van der Waals surface area contributed by atoms with Crippen LogP contribution in [-0.4, -0.2) is 36.3 Å². The van der Waals surface area contributed by atoms with E-state index in [-0.39, 0.29) is 18.2 Å². The van der Waals surface area contributed by atoms with Crippen molar-refractivity contribution in [3.8, 4) is 5.75 Å². The van der Waals surface area contributed by atoms with Gasteiger partial charge in [0.2, 0.25) is 0 Å². The SMILES string of the molecule is CCC(=O)CN1CCOc2ccccc2C1=O. The minimum Gasteiger partial charge on any atom is -0.491 e. The minimum atomic E-state index is -0.125. The van der Waals surface area contributed by atoms with E-state index in [0.29, 0.717) is 30.9 Å². The Labute approximate surface area is 100 Å². The van der Waals surface area contributed by atoms with Crippen LogP contribution in [0.15, 0.2) is 24.3 Å². The van der Waals surface area contributed by atoms with E-state index in [1.54, 1.807) is 30.0 Å². The summed E-state index contributed by atoms with van der Waals surface area (Å²) in [5.74, 6) is 0.543. The molecule has 0 saturated carbocycles. The van der Waals surface area contributed by atoms with E-state index in [0.717, 1.165) is 0 Å². The van der Waals surface area contributed by atoms with Crippen LogP contribution in [0, 0.1) is 0 Å². The summed E-state index contributed by atoms with van der Waals surface area (Å²) in [6.07, 6.45) is 0.451. The summed E-state index contributed by atoms with van der Waals surface area (Å²) in [7, 11) is 0. The molecule has 17 heavy (non-hydrogen) atoms. The maximum atomic E-state index is 12.2. The molecular formula is C13H15NO3. The van der Waals surface area contributed by atoms with Crippen molar-refractivity contribution in [1.29, 1.82) is 0 Å². The predicted molar refractivity (Wildman–Crippen MR) is 63.1 cm³/mol. The fraction of sp³-hybridized carbons (Fsp3) is 0.385. The van der Waals surface area contributed by atoms with Crippen molar-refractivity contribution in [3.63, 3.8) is 0 Å². The fourth-order valence-corrected chi connectivity index (χ4v) is 1.78. The molecular weight excluding hydrogens is 218 g/mol. The molecule has 1 aliphatic rings. The maximum Gasteiger partial charge on any atom is 0.258 e. The molecule has 1 aromatic rings. The van der Waals surface area contributed by atoms with Gasteiger partial charge in [-0.3, -0.25) is 9.59 Å². The second kappa shape index (κ2) is 4.99. The van der Waals surface area contributed by atoms with Crippen LogP contribution >= 0.6 is 0 Å². The number of amides is 1. The van der Waals surface area contributed by atoms with Crippen molar-refractivity contribution >= 4 is 11.7 Å². The van der Waals surface area contributed by atoms with Crippen LogP contribution in [0.3, 0.4) is 0 Å². The van der Waals surface area contributed by atoms with Gasteiger partial charge < -0.3 is 9.64 Å². The van der Waals surface area contributed by atoms with E-state index < -0.39 is 0 Å². The molecule has 4 nitrogen and oxygen atoms in total. The molecule has 2 rings (SSSR count). The number of rotatable bonds is 3. The second-order valence-corrected chi connectivity index (χ2v) is 3.96. The zero-order valence-corrected chi connectivity index (χ0v) is 9.81. The highest BCUT2D eigenvalue weighted by Crippen LogP contribution is 2.22. The number of nitrogens with zero attached hydrogens (tertiary/aromatic N) is 1. The van der Waals surface area contributed by atoms with Crippen molar-refractivity contribution in [2.24, 2.45) is 0 Å². The Morgan fingerprint density at radius 2 is 2.18 bits per heavy atom. The zero-order valence-electron chi connectivity index (χ0n) is 9.81. The van der Waals surface area contributed by atoms with Gasteiger partial charge in [0.25, 0.3) is 5.91 Å². The molecule has 0 aliphatic carbocycles. The van der Waals surface area contributed by atoms with Crippen molar-refractivity contribution in [1.82, 2.24) is 4.90 Å². The first kappa shape index (κ1) is 11.6. The molecule has 1 aliphatic heterocycles. The summed E-state index contributed by atoms with van der Waals surface area (Å²) < 4.78 is 5.49. The molecule has 0 radical (unpaired) electrons. The number of carbonyl (C=O) groups excluding carboxylic acids is 2. The lowest BCUT2D eigenvalue weighted by Crippen LogP contribution is -2.36. The van der Waals surface area contributed by atoms with E-state index in [2.05, 4.69) is 0 Å². The monoisotopic (exact) mass is 233 g/mol. The predicted octanol–water partition coefficient (Wildman–Crippen LogP) is 1.50. The lowest BCUT2D eigenvalue weighted by Gasteiger charge is -2.18. The molecule has 1 aromatic carbocycles. The molecule has 0 bridgehead atoms. The Morgan fingerprint density at radius 1 is 1.41 bits per heavy atom. The van der Waals surface area contributed by atoms with Crippen LogP contribution < -0.4 is 4.74 Å². The number of fused-ring (bicyclic) bond motifs is 1. The summed E-state index contributed by atoms with van der Waals surface area (Å²) in [5, 5.41) is 0. The Morgan fingerprint density at radius 3 is 2.94 bits per heavy atom. The Bertz CT molecular complexity index is 442. The lowest BCUT2D eigenvalue weighted by molar-refractivity contribution is -0.119. The van der Waals surface area contributed by atoms with Gasteiger partial charge in [-0.1, -0.05) is 19.1 Å². The van der Waals surface area contributed by atoms with Crippen LogP contribution in [0.1, 0.15) is 23.7 Å². The number of hydrogen-bond donors (Lipinski definition) is 0. The van der Waals surface area contributed by atoms with Gasteiger partial charge in [-0.05, 0) is 12.1 Å². The van der Waals surface area contributed by atoms with Crippen molar-refractivity contribution in [3.05, 3.63) is 29.8 Å². The zero-order chi connectivity index (χ0) is 12.3. The van der Waals surface area contributed by atoms with Gasteiger partial charge in [0.05, 0.1) is 18.7 Å². The minimum absolute atomic E-state index is 0.0673. The number of ketones is 1. The molecule has 0 fully saturated rings. The number of para-hydroxylation sites is 1. The molecule has 0 atom stereocenters. The van der Waals surface area contributed by atoms with Gasteiger partial charge in [-0.15, -0.1) is 0 Å². The second-order valence-electron chi connectivity index (χ2n) is 3.96. The average molecular weight is 233 g/mol. The van der Waals surface area contributed by atoms with Crippen molar-refractivity contribution in [2.45, 2.75) is 13.3 Å². The lowest BCUT2D eigenvalue weighted by atomic mass is 10.1. The van der Waals surface area contributed by atoms with E-state index in [9.17, 15) is 9.59 Å². The van der Waals surface area contributed by atoms with E-state index in [1.165, 1.54) is 0 Å². The molecule has 0 unspecified atom stereocenters. The van der Waals surface area contributed by atoms with E-state index in [1.807, 2.05) is 6.07 Å². The number of carbonyl (C=O) groups is 2. The van der Waals surface area contributed by atoms with Gasteiger partial charge in [0, 0.05) is 6.42 Å². The molecule has 90 valence electrons. The van der Waals surface area contributed by atoms with Crippen LogP contribution in [0.4, 0.5) is 0 Å². The number of hydrogen-bond acceptors (Lipinski definition) is 3. The summed E-state index contributed by atoms with van der Waals surface area (Å²) in [6.45, 7) is 2.86. The van der Waals surface area contributed by atoms with Crippen LogP contribution in [0.5, 0.6) is 5.75 Å². The third kappa shape index (κ3) is 2.46. The molecule has 1 heterocycles. The maximum absolute atomic E-state index is 12.2. The number of Topliss-reactive ketones (excluding diaryl/α,β-unsaturated/α-hetero) is 1. The van der Waals surface area contributed by atoms with Crippen LogP contribution in [0.25, 0.3) is 0 Å². The molecule has 0 saturated heterocycles. The van der Waals surface area contributed by atoms with Crippen LogP contribution in [-0.2, 0) is 4.79 Å². The summed E-state index contributed by atoms with van der Waals surface area (Å²) >= 11 is 0. The Hall–Kier alpha value is -1.84. The normalized spacial score (nSPS) is 14.9. The number of benzene rings is 1. The first-order valence-corrected chi connectivity index (χ1v) is 5.75. The molecule has 0 N–H and O–H groups in total. The van der Waals surface area contributed by atoms with Gasteiger partial charge >= 0.3 is 0 Å². The highest BCUT2D eigenvalue weighted by Gasteiger charge is 2.24. The van der Waals surface area contributed by atoms with E-state index >= 15 is 0 Å². The van der Waals surface area contributed by atoms with Crippen LogP contribution in [0.2, 0.25) is 0 Å². The van der Waals surface area contributed by atoms with Crippen molar-refractivity contribution in [2.75, 3.05) is 19.7 Å². The van der Waals surface area contributed by atoms with Gasteiger partial charge in [-0.25, -0.2) is 0 Å². The third-order valence-corrected chi connectivity index (χ3v) is 2.79. The summed E-state index contributed by atoms with van der Waals surface area (Å²) in [5.41, 5.74) is 0.536. The van der Waals surface area contributed by atoms with Crippen molar-refractivity contribution < 1.29 is 14.3 Å². The van der Waals surface area contributed by atoms with Gasteiger partial charge in [-0.2, -0.15) is 0 Å². The molecule has 1 amide bonds. The highest BCUT2D eigenvalue weighted by atomic mass is 16.5. The molecule has 0 spiro atoms. The average Bonchev–Trinajstić information content (AvgIpc) is 2.51. The van der Waals surface area contributed by atoms with Gasteiger partial charge in [0.1, 0.15) is 12.4 Å². The molecule has 0 aromatic heterocycles. The number of ether oxygens (including phenoxy) is 1. The third-order valence-electron chi connectivity index (χ3n) is 2.79. The quantitative estimate of drug-likeness (QED) is 0.794. The topological polar surface area (TPSA) is 46.6 Å². The standard InChI is InChI=1S/C13H15NO3/c1-2-10(15)9-14-7-8-17-12-6-4-3-5-11(12)13(14)16/h3-6H,2,7-9H2,1H3. The first-order chi connectivity index (χ1) is 8.22. The van der Waals surface area contributed by atoms with Gasteiger partial charge in [0.15, 0.2) is 5.78 Å². The summed E-state index contributed by atoms with van der Waals surface area (Å²) in [6, 6.07) is 7.13. The molecule has 4 heteroatoms. The Kier molecular flexibility index (Phi) is 3.42. The Balaban J connectivity index is 2.23. The highest BCUT2D eigenvalue weighted by molar-refractivity contribution is 5.99. The first-order valence-electron chi connectivity index (χ1n) is 5.75. The smallest absolute Gasteiger partial charge is 0.258 e.